The summed E-state index contributed by atoms with van der Waals surface area (Å²) in [4.78, 5) is 10.2. The van der Waals surface area contributed by atoms with Gasteiger partial charge in [-0.2, -0.15) is 0 Å². The van der Waals surface area contributed by atoms with Gasteiger partial charge in [-0.1, -0.05) is 19.8 Å². The normalized spacial score (nSPS) is 12.8. The Morgan fingerprint density at radius 2 is 2.15 bits per heavy atom. The van der Waals surface area contributed by atoms with Crippen LogP contribution in [0.2, 0.25) is 0 Å². The highest BCUT2D eigenvalue weighted by Gasteiger charge is 2.07. The number of aliphatic carboxylic acids is 1. The molecule has 0 spiro atoms. The molecule has 0 aliphatic rings. The second-order valence-electron chi connectivity index (χ2n) is 3.16. The second-order valence-corrected chi connectivity index (χ2v) is 3.16. The minimum Gasteiger partial charge on any atom is -0.481 e. The van der Waals surface area contributed by atoms with Crippen molar-refractivity contribution in [1.82, 2.24) is 5.32 Å². The van der Waals surface area contributed by atoms with Gasteiger partial charge in [-0.25, -0.2) is 0 Å². The fraction of sp³-hybridized carbons (Fsp3) is 0.889. The molecule has 0 saturated heterocycles. The zero-order valence-electron chi connectivity index (χ0n) is 8.12. The summed E-state index contributed by atoms with van der Waals surface area (Å²) in [5, 5.41) is 20.5. The number of aliphatic hydroxyl groups excluding tert-OH is 1. The predicted molar refractivity (Wildman–Crippen MR) is 50.7 cm³/mol. The van der Waals surface area contributed by atoms with Gasteiger partial charge in [-0.3, -0.25) is 4.79 Å². The van der Waals surface area contributed by atoms with Crippen molar-refractivity contribution in [3.05, 3.63) is 0 Å². The lowest BCUT2D eigenvalue weighted by Crippen LogP contribution is -2.29. The van der Waals surface area contributed by atoms with Gasteiger partial charge in [0.15, 0.2) is 0 Å². The van der Waals surface area contributed by atoms with E-state index >= 15 is 0 Å². The van der Waals surface area contributed by atoms with Crippen LogP contribution in [0.15, 0.2) is 0 Å². The molecule has 4 nitrogen and oxygen atoms in total. The lowest BCUT2D eigenvalue weighted by atomic mass is 10.2. The highest BCUT2D eigenvalue weighted by atomic mass is 16.4. The lowest BCUT2D eigenvalue weighted by Gasteiger charge is -2.08. The third kappa shape index (κ3) is 9.30. The van der Waals surface area contributed by atoms with Crippen molar-refractivity contribution in [1.29, 1.82) is 0 Å². The molecule has 3 N–H and O–H groups in total. The zero-order valence-corrected chi connectivity index (χ0v) is 8.12. The van der Waals surface area contributed by atoms with Gasteiger partial charge in [0.2, 0.25) is 0 Å². The van der Waals surface area contributed by atoms with Crippen LogP contribution in [0.5, 0.6) is 0 Å². The van der Waals surface area contributed by atoms with Gasteiger partial charge in [0.25, 0.3) is 0 Å². The smallest absolute Gasteiger partial charge is 0.306 e. The van der Waals surface area contributed by atoms with E-state index in [0.29, 0.717) is 6.54 Å². The van der Waals surface area contributed by atoms with Gasteiger partial charge in [0.05, 0.1) is 12.5 Å². The largest absolute Gasteiger partial charge is 0.481 e. The molecule has 0 aromatic heterocycles. The number of hydrogen-bond donors (Lipinski definition) is 3. The van der Waals surface area contributed by atoms with Crippen LogP contribution in [0.4, 0.5) is 0 Å². The third-order valence-corrected chi connectivity index (χ3v) is 1.75. The molecule has 0 aromatic rings. The van der Waals surface area contributed by atoms with Gasteiger partial charge in [0, 0.05) is 6.54 Å². The van der Waals surface area contributed by atoms with Crippen LogP contribution in [0.1, 0.15) is 32.6 Å². The van der Waals surface area contributed by atoms with Crippen LogP contribution >= 0.6 is 0 Å². The van der Waals surface area contributed by atoms with Crippen LogP contribution in [-0.4, -0.2) is 35.4 Å². The maximum Gasteiger partial charge on any atom is 0.306 e. The van der Waals surface area contributed by atoms with Crippen molar-refractivity contribution < 1.29 is 15.0 Å². The summed E-state index contributed by atoms with van der Waals surface area (Å²) in [7, 11) is 0. The molecule has 0 amide bonds. The number of carboxylic acids is 1. The van der Waals surface area contributed by atoms with Crippen molar-refractivity contribution in [2.75, 3.05) is 13.1 Å². The number of nitrogens with one attached hydrogen (secondary N) is 1. The maximum absolute atomic E-state index is 10.2. The molecule has 1 unspecified atom stereocenters. The summed E-state index contributed by atoms with van der Waals surface area (Å²) in [6.07, 6.45) is 2.47. The molecular formula is C9H19NO3. The summed E-state index contributed by atoms with van der Waals surface area (Å²) in [6, 6.07) is 0. The molecule has 1 atom stereocenters. The number of rotatable bonds is 8. The summed E-state index contributed by atoms with van der Waals surface area (Å²) < 4.78 is 0. The van der Waals surface area contributed by atoms with Crippen LogP contribution in [-0.2, 0) is 4.79 Å². The first-order valence-corrected chi connectivity index (χ1v) is 4.77. The molecular weight excluding hydrogens is 170 g/mol. The Morgan fingerprint density at radius 3 is 2.69 bits per heavy atom. The first-order chi connectivity index (χ1) is 6.16. The summed E-state index contributed by atoms with van der Waals surface area (Å²) in [5.74, 6) is -0.956. The molecule has 13 heavy (non-hydrogen) atoms. The van der Waals surface area contributed by atoms with E-state index in [1.165, 1.54) is 12.8 Å². The number of hydrogen-bond acceptors (Lipinski definition) is 3. The van der Waals surface area contributed by atoms with Crippen molar-refractivity contribution in [2.45, 2.75) is 38.7 Å². The van der Waals surface area contributed by atoms with E-state index in [-0.39, 0.29) is 6.42 Å². The number of carbonyl (C=O) groups is 1. The summed E-state index contributed by atoms with van der Waals surface area (Å²) in [5.41, 5.74) is 0. The topological polar surface area (TPSA) is 69.6 Å². The third-order valence-electron chi connectivity index (χ3n) is 1.75. The average Bonchev–Trinajstić information content (AvgIpc) is 2.02. The number of aliphatic hydroxyl groups is 1. The van der Waals surface area contributed by atoms with Crippen LogP contribution in [0.25, 0.3) is 0 Å². The standard InChI is InChI=1S/C9H19NO3/c1-2-3-4-5-10-7-8(11)6-9(12)13/h8,10-11H,2-7H2,1H3,(H,12,13). The van der Waals surface area contributed by atoms with E-state index in [9.17, 15) is 4.79 Å². The number of carboxylic acid groups (broad SMARTS) is 1. The van der Waals surface area contributed by atoms with E-state index in [0.717, 1.165) is 13.0 Å². The first-order valence-electron chi connectivity index (χ1n) is 4.77. The lowest BCUT2D eigenvalue weighted by molar-refractivity contribution is -0.139. The molecule has 4 heteroatoms. The Bertz CT molecular complexity index is 139. The average molecular weight is 189 g/mol. The van der Waals surface area contributed by atoms with Crippen LogP contribution < -0.4 is 5.32 Å². The highest BCUT2D eigenvalue weighted by molar-refractivity contribution is 5.67. The van der Waals surface area contributed by atoms with Gasteiger partial charge in [-0.15, -0.1) is 0 Å². The Hall–Kier alpha value is -0.610. The molecule has 0 saturated carbocycles. The Kier molecular flexibility index (Phi) is 7.63. The summed E-state index contributed by atoms with van der Waals surface area (Å²) in [6.45, 7) is 3.35. The molecule has 0 aliphatic heterocycles. The van der Waals surface area contributed by atoms with Gasteiger partial charge in [-0.05, 0) is 13.0 Å². The minimum absolute atomic E-state index is 0.180. The van der Waals surface area contributed by atoms with Crippen molar-refractivity contribution >= 4 is 5.97 Å². The summed E-state index contributed by atoms with van der Waals surface area (Å²) >= 11 is 0. The van der Waals surface area contributed by atoms with E-state index in [1.54, 1.807) is 0 Å². The van der Waals surface area contributed by atoms with Gasteiger partial charge in [0.1, 0.15) is 0 Å². The van der Waals surface area contributed by atoms with E-state index in [4.69, 9.17) is 10.2 Å². The molecule has 0 aromatic carbocycles. The molecule has 0 fully saturated rings. The van der Waals surface area contributed by atoms with Crippen molar-refractivity contribution in [2.24, 2.45) is 0 Å². The first kappa shape index (κ1) is 12.4. The maximum atomic E-state index is 10.2. The van der Waals surface area contributed by atoms with Gasteiger partial charge < -0.3 is 15.5 Å². The molecule has 0 aliphatic carbocycles. The fourth-order valence-corrected chi connectivity index (χ4v) is 1.04. The molecule has 0 heterocycles. The van der Waals surface area contributed by atoms with E-state index < -0.39 is 12.1 Å². The Morgan fingerprint density at radius 1 is 1.46 bits per heavy atom. The molecule has 78 valence electrons. The van der Waals surface area contributed by atoms with E-state index in [2.05, 4.69) is 12.2 Å². The SMILES string of the molecule is CCCCCNCC(O)CC(=O)O. The fourth-order valence-electron chi connectivity index (χ4n) is 1.04. The van der Waals surface area contributed by atoms with Crippen LogP contribution in [0.3, 0.4) is 0 Å². The monoisotopic (exact) mass is 189 g/mol. The Balaban J connectivity index is 3.17. The predicted octanol–water partition coefficient (Wildman–Crippen LogP) is 0.602. The quantitative estimate of drug-likeness (QED) is 0.489. The Labute approximate surface area is 79.0 Å². The molecule has 0 radical (unpaired) electrons. The number of unbranched alkanes of at least 4 members (excludes halogenated alkanes) is 2. The van der Waals surface area contributed by atoms with Crippen molar-refractivity contribution in [3.8, 4) is 0 Å². The van der Waals surface area contributed by atoms with Crippen LogP contribution in [0, 0.1) is 0 Å². The zero-order chi connectivity index (χ0) is 10.1. The van der Waals surface area contributed by atoms with Crippen molar-refractivity contribution in [3.63, 3.8) is 0 Å². The minimum atomic E-state index is -0.956. The highest BCUT2D eigenvalue weighted by Crippen LogP contribution is 1.92. The molecule has 0 rings (SSSR count). The second kappa shape index (κ2) is 8.01. The van der Waals surface area contributed by atoms with E-state index in [1.807, 2.05) is 0 Å². The molecule has 0 bridgehead atoms. The van der Waals surface area contributed by atoms with Gasteiger partial charge >= 0.3 is 5.97 Å².